The average Bonchev–Trinajstić information content (AvgIpc) is 2.50. The van der Waals surface area contributed by atoms with E-state index in [1.165, 1.54) is 17.7 Å². The van der Waals surface area contributed by atoms with E-state index < -0.39 is 0 Å². The summed E-state index contributed by atoms with van der Waals surface area (Å²) in [6.07, 6.45) is 0. The number of rotatable bonds is 1. The molecule has 1 aliphatic rings. The van der Waals surface area contributed by atoms with E-state index in [1.54, 1.807) is 7.05 Å². The molecule has 0 saturated carbocycles. The molecule has 2 heterocycles. The highest BCUT2D eigenvalue weighted by molar-refractivity contribution is 5.38. The third-order valence-corrected chi connectivity index (χ3v) is 3.90. The number of anilines is 1. The second-order valence-electron chi connectivity index (χ2n) is 5.48. The van der Waals surface area contributed by atoms with Crippen LogP contribution in [-0.4, -0.2) is 61.5 Å². The molecule has 1 aromatic rings. The van der Waals surface area contributed by atoms with E-state index in [4.69, 9.17) is 0 Å². The van der Waals surface area contributed by atoms with Crippen molar-refractivity contribution < 1.29 is 0 Å². The lowest BCUT2D eigenvalue weighted by Crippen LogP contribution is -2.45. The van der Waals surface area contributed by atoms with E-state index in [9.17, 15) is 9.59 Å². The van der Waals surface area contributed by atoms with Gasteiger partial charge in [0.2, 0.25) is 0 Å². The van der Waals surface area contributed by atoms with E-state index in [0.717, 1.165) is 56.9 Å². The molecule has 8 nitrogen and oxygen atoms in total. The molecular weight excluding hydrogens is 284 g/mol. The van der Waals surface area contributed by atoms with Crippen LogP contribution < -0.4 is 32.1 Å². The fraction of sp³-hybridized carbons (Fsp3) is 0.714. The summed E-state index contributed by atoms with van der Waals surface area (Å²) >= 11 is 0. The predicted octanol–water partition coefficient (Wildman–Crippen LogP) is -2.33. The highest BCUT2D eigenvalue weighted by Gasteiger charge is 2.13. The summed E-state index contributed by atoms with van der Waals surface area (Å²) in [5.74, 6) is 0.673. The molecule has 0 unspecified atom stereocenters. The van der Waals surface area contributed by atoms with Crippen LogP contribution in [0, 0.1) is 0 Å². The number of nitrogens with zero attached hydrogens (tertiary/aromatic N) is 3. The van der Waals surface area contributed by atoms with Crippen LogP contribution >= 0.6 is 0 Å². The molecule has 0 bridgehead atoms. The summed E-state index contributed by atoms with van der Waals surface area (Å²) in [6.45, 7) is 6.81. The molecule has 0 aromatic carbocycles. The zero-order valence-electron chi connectivity index (χ0n) is 13.4. The Morgan fingerprint density at radius 1 is 0.818 bits per heavy atom. The lowest BCUT2D eigenvalue weighted by molar-refractivity contribution is 0.550. The molecule has 2 rings (SSSR count). The van der Waals surface area contributed by atoms with Crippen molar-refractivity contribution in [1.29, 1.82) is 0 Å². The van der Waals surface area contributed by atoms with Crippen LogP contribution in [0.3, 0.4) is 0 Å². The van der Waals surface area contributed by atoms with Gasteiger partial charge in [-0.2, -0.15) is 0 Å². The van der Waals surface area contributed by atoms with Gasteiger partial charge in [-0.05, 0) is 0 Å². The number of nitrogens with one attached hydrogen (secondary N) is 3. The maximum absolute atomic E-state index is 12.1. The summed E-state index contributed by atoms with van der Waals surface area (Å²) in [7, 11) is 3.21. The molecule has 0 amide bonds. The predicted molar refractivity (Wildman–Crippen MR) is 87.7 cm³/mol. The van der Waals surface area contributed by atoms with Crippen LogP contribution in [0.2, 0.25) is 0 Å². The van der Waals surface area contributed by atoms with Gasteiger partial charge < -0.3 is 20.9 Å². The summed E-state index contributed by atoms with van der Waals surface area (Å²) in [6, 6.07) is 1.54. The minimum atomic E-state index is -0.293. The summed E-state index contributed by atoms with van der Waals surface area (Å²) in [4.78, 5) is 26.1. The Kier molecular flexibility index (Phi) is 6.17. The topological polar surface area (TPSA) is 83.3 Å². The highest BCUT2D eigenvalue weighted by atomic mass is 16.2. The molecule has 0 radical (unpaired) electrons. The van der Waals surface area contributed by atoms with Gasteiger partial charge in [-0.1, -0.05) is 0 Å². The largest absolute Gasteiger partial charge is 0.355 e. The fourth-order valence-electron chi connectivity index (χ4n) is 2.52. The quantitative estimate of drug-likeness (QED) is 0.540. The van der Waals surface area contributed by atoms with Crippen LogP contribution in [0.5, 0.6) is 0 Å². The first kappa shape index (κ1) is 16.7. The first-order valence-electron chi connectivity index (χ1n) is 7.75. The van der Waals surface area contributed by atoms with Crippen LogP contribution in [-0.2, 0) is 14.1 Å². The van der Waals surface area contributed by atoms with Gasteiger partial charge >= 0.3 is 5.69 Å². The second-order valence-corrected chi connectivity index (χ2v) is 5.48. The van der Waals surface area contributed by atoms with Crippen LogP contribution in [0.4, 0.5) is 5.82 Å². The third-order valence-electron chi connectivity index (χ3n) is 3.90. The molecule has 0 spiro atoms. The minimum Gasteiger partial charge on any atom is -0.355 e. The molecule has 8 heteroatoms. The van der Waals surface area contributed by atoms with Gasteiger partial charge in [0.25, 0.3) is 5.56 Å². The minimum absolute atomic E-state index is 0.269. The maximum atomic E-state index is 12.1. The normalized spacial score (nSPS) is 18.5. The van der Waals surface area contributed by atoms with Crippen molar-refractivity contribution in [3.8, 4) is 0 Å². The smallest absolute Gasteiger partial charge is 0.332 e. The highest BCUT2D eigenvalue weighted by Crippen LogP contribution is 2.07. The van der Waals surface area contributed by atoms with Crippen molar-refractivity contribution in [3.05, 3.63) is 26.9 Å². The summed E-state index contributed by atoms with van der Waals surface area (Å²) in [5.41, 5.74) is -0.562. The van der Waals surface area contributed by atoms with Crippen LogP contribution in [0.15, 0.2) is 15.7 Å². The molecule has 3 N–H and O–H groups in total. The van der Waals surface area contributed by atoms with Gasteiger partial charge in [0.1, 0.15) is 5.82 Å². The van der Waals surface area contributed by atoms with Gasteiger partial charge in [-0.15, -0.1) is 0 Å². The van der Waals surface area contributed by atoms with E-state index in [2.05, 4.69) is 20.9 Å². The zero-order chi connectivity index (χ0) is 15.9. The lowest BCUT2D eigenvalue weighted by Gasteiger charge is -2.27. The van der Waals surface area contributed by atoms with Crippen molar-refractivity contribution >= 4 is 5.82 Å². The Labute approximate surface area is 130 Å². The van der Waals surface area contributed by atoms with Crippen LogP contribution in [0.1, 0.15) is 0 Å². The Morgan fingerprint density at radius 3 is 1.86 bits per heavy atom. The summed E-state index contributed by atoms with van der Waals surface area (Å²) in [5, 5.41) is 10.1. The van der Waals surface area contributed by atoms with Crippen molar-refractivity contribution in [3.63, 3.8) is 0 Å². The van der Waals surface area contributed by atoms with Gasteiger partial charge in [0, 0.05) is 72.5 Å². The van der Waals surface area contributed by atoms with Gasteiger partial charge in [-0.3, -0.25) is 13.9 Å². The van der Waals surface area contributed by atoms with Crippen LogP contribution in [0.25, 0.3) is 0 Å². The zero-order valence-corrected chi connectivity index (χ0v) is 13.4. The maximum Gasteiger partial charge on any atom is 0.332 e. The average molecular weight is 310 g/mol. The van der Waals surface area contributed by atoms with Crippen molar-refractivity contribution in [2.45, 2.75) is 0 Å². The lowest BCUT2D eigenvalue weighted by atomic mass is 10.4. The van der Waals surface area contributed by atoms with Crippen molar-refractivity contribution in [2.24, 2.45) is 14.1 Å². The molecular formula is C14H26N6O2. The first-order chi connectivity index (χ1) is 10.6. The number of hydrogen-bond donors (Lipinski definition) is 3. The Hall–Kier alpha value is -1.64. The fourth-order valence-corrected chi connectivity index (χ4v) is 2.52. The van der Waals surface area contributed by atoms with E-state index in [1.807, 2.05) is 0 Å². The Morgan fingerprint density at radius 2 is 1.32 bits per heavy atom. The van der Waals surface area contributed by atoms with Gasteiger partial charge in [0.05, 0.1) is 0 Å². The summed E-state index contributed by atoms with van der Waals surface area (Å²) < 4.78 is 2.66. The molecule has 1 aromatic heterocycles. The Balaban J connectivity index is 2.19. The molecule has 22 heavy (non-hydrogen) atoms. The molecule has 1 saturated heterocycles. The van der Waals surface area contributed by atoms with Gasteiger partial charge in [0.15, 0.2) is 0 Å². The third kappa shape index (κ3) is 4.19. The molecule has 0 atom stereocenters. The van der Waals surface area contributed by atoms with Crippen molar-refractivity contribution in [1.82, 2.24) is 25.1 Å². The standard InChI is InChI=1S/C14H26N6O2/c1-18-12(11-13(21)19(2)14(18)22)20-9-7-16-5-3-15-4-6-17-8-10-20/h11,15-17H,3-10H2,1-2H3. The molecule has 0 aliphatic carbocycles. The monoisotopic (exact) mass is 310 g/mol. The first-order valence-corrected chi connectivity index (χ1v) is 7.75. The van der Waals surface area contributed by atoms with Crippen molar-refractivity contribution in [2.75, 3.05) is 57.3 Å². The van der Waals surface area contributed by atoms with E-state index in [-0.39, 0.29) is 11.2 Å². The van der Waals surface area contributed by atoms with E-state index in [0.29, 0.717) is 5.82 Å². The Bertz CT molecular complexity index is 582. The second kappa shape index (κ2) is 8.11. The molecule has 124 valence electrons. The van der Waals surface area contributed by atoms with Gasteiger partial charge in [-0.25, -0.2) is 4.79 Å². The van der Waals surface area contributed by atoms with E-state index >= 15 is 0 Å². The number of hydrogen-bond acceptors (Lipinski definition) is 6. The number of aromatic nitrogens is 2. The molecule has 1 aliphatic heterocycles. The SMILES string of the molecule is Cn1c(N2CCNCCNCCNCC2)cc(=O)n(C)c1=O. The molecule has 1 fully saturated rings.